The van der Waals surface area contributed by atoms with E-state index in [2.05, 4.69) is 10.6 Å². The summed E-state index contributed by atoms with van der Waals surface area (Å²) in [6.45, 7) is 1.54. The van der Waals surface area contributed by atoms with E-state index in [9.17, 15) is 9.59 Å². The van der Waals surface area contributed by atoms with Gasteiger partial charge in [0.25, 0.3) is 0 Å². The summed E-state index contributed by atoms with van der Waals surface area (Å²) in [6.07, 6.45) is 0. The number of rotatable bonds is 7. The van der Waals surface area contributed by atoms with E-state index < -0.39 is 0 Å². The molecular weight excluding hydrogens is 408 g/mol. The number of anilines is 2. The van der Waals surface area contributed by atoms with E-state index in [0.29, 0.717) is 16.4 Å². The van der Waals surface area contributed by atoms with Gasteiger partial charge in [-0.05, 0) is 73.1 Å². The standard InChI is InChI=1S/C21H18N2O2S3/c1-14(24)15-7-9-16(10-8-15)22-21(26)23-17-4-2-5-18(12-17)28-13-19(25)20-6-3-11-27-20/h2-12H,13H2,1H3,(H2,22,23,26). The van der Waals surface area contributed by atoms with Crippen molar-refractivity contribution in [3.63, 3.8) is 0 Å². The van der Waals surface area contributed by atoms with Crippen molar-refractivity contribution >= 4 is 63.4 Å². The lowest BCUT2D eigenvalue weighted by Gasteiger charge is -2.11. The van der Waals surface area contributed by atoms with Crippen LogP contribution in [0.5, 0.6) is 0 Å². The minimum atomic E-state index is 0.0270. The number of Topliss-reactive ketones (excluding diaryl/α,β-unsaturated/α-hetero) is 2. The number of hydrogen-bond acceptors (Lipinski definition) is 5. The van der Waals surface area contributed by atoms with Gasteiger partial charge in [0.15, 0.2) is 16.7 Å². The minimum absolute atomic E-state index is 0.0270. The van der Waals surface area contributed by atoms with Crippen LogP contribution in [-0.4, -0.2) is 22.4 Å². The number of ketones is 2. The Hall–Kier alpha value is -2.48. The van der Waals surface area contributed by atoms with Crippen molar-refractivity contribution in [3.8, 4) is 0 Å². The van der Waals surface area contributed by atoms with E-state index in [1.807, 2.05) is 53.9 Å². The first kappa shape index (κ1) is 20.3. The second-order valence-electron chi connectivity index (χ2n) is 5.93. The first-order valence-electron chi connectivity index (χ1n) is 8.50. The van der Waals surface area contributed by atoms with Crippen molar-refractivity contribution in [1.29, 1.82) is 0 Å². The van der Waals surface area contributed by atoms with Gasteiger partial charge in [-0.25, -0.2) is 0 Å². The second kappa shape index (κ2) is 9.64. The number of nitrogens with one attached hydrogen (secondary N) is 2. The highest BCUT2D eigenvalue weighted by Gasteiger charge is 2.08. The number of carbonyl (C=O) groups excluding carboxylic acids is 2. The molecule has 0 saturated carbocycles. The predicted octanol–water partition coefficient (Wildman–Crippen LogP) is 5.73. The molecule has 0 saturated heterocycles. The molecule has 0 aliphatic rings. The zero-order chi connectivity index (χ0) is 19.9. The summed E-state index contributed by atoms with van der Waals surface area (Å²) in [5, 5.41) is 8.59. The predicted molar refractivity (Wildman–Crippen MR) is 122 cm³/mol. The monoisotopic (exact) mass is 426 g/mol. The summed E-state index contributed by atoms with van der Waals surface area (Å²) in [7, 11) is 0. The minimum Gasteiger partial charge on any atom is -0.332 e. The van der Waals surface area contributed by atoms with Crippen LogP contribution in [0.4, 0.5) is 11.4 Å². The zero-order valence-corrected chi connectivity index (χ0v) is 17.5. The number of thiophene rings is 1. The smallest absolute Gasteiger partial charge is 0.182 e. The third-order valence-electron chi connectivity index (χ3n) is 3.81. The zero-order valence-electron chi connectivity index (χ0n) is 15.1. The van der Waals surface area contributed by atoms with Crippen LogP contribution >= 0.6 is 35.3 Å². The summed E-state index contributed by atoms with van der Waals surface area (Å²) in [6, 6.07) is 18.6. The highest BCUT2D eigenvalue weighted by molar-refractivity contribution is 8.00. The van der Waals surface area contributed by atoms with Crippen LogP contribution in [0, 0.1) is 0 Å². The van der Waals surface area contributed by atoms with E-state index >= 15 is 0 Å². The fraction of sp³-hybridized carbons (Fsp3) is 0.0952. The molecule has 2 aromatic carbocycles. The van der Waals surface area contributed by atoms with E-state index in [0.717, 1.165) is 21.1 Å². The molecule has 0 aliphatic heterocycles. The molecule has 2 N–H and O–H groups in total. The largest absolute Gasteiger partial charge is 0.332 e. The summed E-state index contributed by atoms with van der Waals surface area (Å²) in [5.74, 6) is 0.554. The van der Waals surface area contributed by atoms with E-state index in [1.165, 1.54) is 30.0 Å². The molecule has 0 bridgehead atoms. The molecule has 0 amide bonds. The number of carbonyl (C=O) groups is 2. The van der Waals surface area contributed by atoms with Crippen LogP contribution in [0.1, 0.15) is 27.0 Å². The third-order valence-corrected chi connectivity index (χ3v) is 5.92. The number of benzene rings is 2. The third kappa shape index (κ3) is 5.76. The Kier molecular flexibility index (Phi) is 6.97. The van der Waals surface area contributed by atoms with E-state index in [1.54, 1.807) is 12.1 Å². The molecule has 1 aromatic heterocycles. The molecule has 0 unspecified atom stereocenters. The fourth-order valence-electron chi connectivity index (χ4n) is 2.40. The lowest BCUT2D eigenvalue weighted by atomic mass is 10.1. The van der Waals surface area contributed by atoms with E-state index in [4.69, 9.17) is 12.2 Å². The van der Waals surface area contributed by atoms with Crippen LogP contribution in [0.25, 0.3) is 0 Å². The molecule has 0 fully saturated rings. The van der Waals surface area contributed by atoms with Crippen molar-refractivity contribution in [2.45, 2.75) is 11.8 Å². The lowest BCUT2D eigenvalue weighted by molar-refractivity contribution is 0.101. The average molecular weight is 427 g/mol. The summed E-state index contributed by atoms with van der Waals surface area (Å²) >= 11 is 8.32. The van der Waals surface area contributed by atoms with Crippen LogP contribution in [-0.2, 0) is 0 Å². The lowest BCUT2D eigenvalue weighted by Crippen LogP contribution is -2.19. The van der Waals surface area contributed by atoms with Crippen LogP contribution < -0.4 is 10.6 Å². The van der Waals surface area contributed by atoms with Crippen molar-refractivity contribution in [3.05, 3.63) is 76.5 Å². The van der Waals surface area contributed by atoms with Crippen LogP contribution in [0.2, 0.25) is 0 Å². The fourth-order valence-corrected chi connectivity index (χ4v) is 4.23. The van der Waals surface area contributed by atoms with E-state index in [-0.39, 0.29) is 11.6 Å². The normalized spacial score (nSPS) is 10.3. The van der Waals surface area contributed by atoms with Crippen molar-refractivity contribution < 1.29 is 9.59 Å². The van der Waals surface area contributed by atoms with Gasteiger partial charge >= 0.3 is 0 Å². The molecule has 4 nitrogen and oxygen atoms in total. The Morgan fingerprint density at radius 3 is 2.43 bits per heavy atom. The number of hydrogen-bond donors (Lipinski definition) is 2. The molecule has 7 heteroatoms. The first-order valence-corrected chi connectivity index (χ1v) is 10.8. The number of thiocarbonyl (C=S) groups is 1. The van der Waals surface area contributed by atoms with Gasteiger partial charge in [-0.3, -0.25) is 9.59 Å². The first-order chi connectivity index (χ1) is 13.5. The van der Waals surface area contributed by atoms with Gasteiger partial charge in [-0.2, -0.15) is 0 Å². The van der Waals surface area contributed by atoms with Crippen molar-refractivity contribution in [1.82, 2.24) is 0 Å². The molecule has 0 aliphatic carbocycles. The SMILES string of the molecule is CC(=O)c1ccc(NC(=S)Nc2cccc(SCC(=O)c3cccs3)c2)cc1. The average Bonchev–Trinajstić information content (AvgIpc) is 3.21. The topological polar surface area (TPSA) is 58.2 Å². The number of thioether (sulfide) groups is 1. The van der Waals surface area contributed by atoms with Gasteiger partial charge in [0, 0.05) is 21.8 Å². The second-order valence-corrected chi connectivity index (χ2v) is 8.33. The van der Waals surface area contributed by atoms with Gasteiger partial charge in [0.1, 0.15) is 0 Å². The summed E-state index contributed by atoms with van der Waals surface area (Å²) in [5.41, 5.74) is 2.30. The molecule has 0 spiro atoms. The van der Waals surface area contributed by atoms with Gasteiger partial charge < -0.3 is 10.6 Å². The molecule has 28 heavy (non-hydrogen) atoms. The molecule has 0 radical (unpaired) electrons. The highest BCUT2D eigenvalue weighted by Crippen LogP contribution is 2.24. The van der Waals surface area contributed by atoms with Gasteiger partial charge in [-0.15, -0.1) is 23.1 Å². The van der Waals surface area contributed by atoms with Crippen molar-refractivity contribution in [2.24, 2.45) is 0 Å². The Bertz CT molecular complexity index is 983. The van der Waals surface area contributed by atoms with Gasteiger partial charge in [0.2, 0.25) is 0 Å². The summed E-state index contributed by atoms with van der Waals surface area (Å²) < 4.78 is 0. The molecule has 1 heterocycles. The molecule has 3 aromatic rings. The van der Waals surface area contributed by atoms with Gasteiger partial charge in [0.05, 0.1) is 10.6 Å². The highest BCUT2D eigenvalue weighted by atomic mass is 32.2. The maximum atomic E-state index is 12.1. The Balaban J connectivity index is 1.55. The quantitative estimate of drug-likeness (QED) is 0.286. The molecule has 0 atom stereocenters. The van der Waals surface area contributed by atoms with Gasteiger partial charge in [-0.1, -0.05) is 12.1 Å². The van der Waals surface area contributed by atoms with Crippen LogP contribution in [0.3, 0.4) is 0 Å². The molecular formula is C21H18N2O2S3. The molecule has 142 valence electrons. The summed E-state index contributed by atoms with van der Waals surface area (Å²) in [4.78, 5) is 25.2. The maximum absolute atomic E-state index is 12.1. The maximum Gasteiger partial charge on any atom is 0.182 e. The Morgan fingerprint density at radius 1 is 1.00 bits per heavy atom. The van der Waals surface area contributed by atoms with Crippen molar-refractivity contribution in [2.75, 3.05) is 16.4 Å². The van der Waals surface area contributed by atoms with Crippen LogP contribution in [0.15, 0.2) is 70.9 Å². The molecule has 3 rings (SSSR count). The Labute approximate surface area is 177 Å². The Morgan fingerprint density at radius 2 is 1.75 bits per heavy atom.